The zero-order chi connectivity index (χ0) is 27.0. The monoisotopic (exact) mass is 526 g/mol. The smallest absolute Gasteiger partial charge is 0.297 e. The number of ether oxygens (including phenoxy) is 2. The summed E-state index contributed by atoms with van der Waals surface area (Å²) in [4.78, 5) is 26.9. The molecule has 0 bridgehead atoms. The molecule has 0 radical (unpaired) electrons. The molecule has 1 aliphatic heterocycles. The van der Waals surface area contributed by atoms with Crippen molar-refractivity contribution < 1.29 is 19.1 Å². The van der Waals surface area contributed by atoms with Crippen molar-refractivity contribution in [3.05, 3.63) is 83.1 Å². The molecule has 3 aromatic carbocycles. The fourth-order valence-corrected chi connectivity index (χ4v) is 5.27. The number of carbonyl (C=O) groups excluding carboxylic acids is 2. The van der Waals surface area contributed by atoms with Crippen LogP contribution in [-0.2, 0) is 22.5 Å². The van der Waals surface area contributed by atoms with Crippen LogP contribution in [0.25, 0.3) is 27.4 Å². The molecule has 7 heteroatoms. The number of aryl methyl sites for hydroxylation is 1. The molecule has 6 nitrogen and oxygen atoms in total. The van der Waals surface area contributed by atoms with Gasteiger partial charge in [0.05, 0.1) is 6.61 Å². The number of ketones is 1. The van der Waals surface area contributed by atoms with Crippen LogP contribution < -0.4 is 4.74 Å². The first-order valence-electron chi connectivity index (χ1n) is 12.9. The molecule has 4 aromatic rings. The average Bonchev–Trinajstić information content (AvgIpc) is 3.39. The van der Waals surface area contributed by atoms with E-state index >= 15 is 0 Å². The van der Waals surface area contributed by atoms with Crippen LogP contribution in [0.2, 0.25) is 0 Å². The normalized spacial score (nSPS) is 14.9. The minimum atomic E-state index is -0.228. The Kier molecular flexibility index (Phi) is 7.04. The minimum absolute atomic E-state index is 0.0301. The van der Waals surface area contributed by atoms with Crippen molar-refractivity contribution in [3.8, 4) is 5.75 Å². The highest BCUT2D eigenvalue weighted by molar-refractivity contribution is 7.80. The summed E-state index contributed by atoms with van der Waals surface area (Å²) in [5.74, 6) is 0.880. The molecule has 194 valence electrons. The Bertz CT molecular complexity index is 1610. The van der Waals surface area contributed by atoms with Gasteiger partial charge >= 0.3 is 0 Å². The Morgan fingerprint density at radius 3 is 2.16 bits per heavy atom. The summed E-state index contributed by atoms with van der Waals surface area (Å²) in [6, 6.07) is 19.8. The van der Waals surface area contributed by atoms with E-state index in [0.29, 0.717) is 25.1 Å². The van der Waals surface area contributed by atoms with Crippen LogP contribution in [-0.4, -0.2) is 39.5 Å². The van der Waals surface area contributed by atoms with Crippen molar-refractivity contribution in [1.29, 1.82) is 0 Å². The summed E-state index contributed by atoms with van der Waals surface area (Å²) in [6.07, 6.45) is 0.648. The predicted molar refractivity (Wildman–Crippen MR) is 154 cm³/mol. The van der Waals surface area contributed by atoms with E-state index in [0.717, 1.165) is 50.8 Å². The van der Waals surface area contributed by atoms with E-state index in [1.165, 1.54) is 4.90 Å². The van der Waals surface area contributed by atoms with Crippen LogP contribution in [0.1, 0.15) is 49.2 Å². The van der Waals surface area contributed by atoms with Gasteiger partial charge < -0.3 is 14.0 Å². The highest BCUT2D eigenvalue weighted by Crippen LogP contribution is 2.34. The fraction of sp³-hybridized carbons (Fsp3) is 0.258. The number of aromatic nitrogens is 1. The zero-order valence-corrected chi connectivity index (χ0v) is 22.9. The molecule has 1 fully saturated rings. The second-order valence-corrected chi connectivity index (χ2v) is 9.72. The number of rotatable bonds is 8. The number of fused-ring (bicyclic) bond motifs is 3. The highest BCUT2D eigenvalue weighted by atomic mass is 32.1. The summed E-state index contributed by atoms with van der Waals surface area (Å²) in [7, 11) is 0. The van der Waals surface area contributed by atoms with Gasteiger partial charge in [-0.25, -0.2) is 0 Å². The summed E-state index contributed by atoms with van der Waals surface area (Å²) in [5.41, 5.74) is 5.51. The van der Waals surface area contributed by atoms with E-state index in [4.69, 9.17) is 21.7 Å². The number of thiocarbonyl (C=S) groups is 1. The lowest BCUT2D eigenvalue weighted by molar-refractivity contribution is -0.122. The summed E-state index contributed by atoms with van der Waals surface area (Å²) in [5, 5.41) is 2.22. The van der Waals surface area contributed by atoms with Gasteiger partial charge in [-0.05, 0) is 99.9 Å². The second kappa shape index (κ2) is 10.4. The lowest BCUT2D eigenvalue weighted by Gasteiger charge is -2.12. The number of carbonyl (C=O) groups is 2. The van der Waals surface area contributed by atoms with E-state index in [2.05, 4.69) is 23.6 Å². The van der Waals surface area contributed by atoms with Crippen molar-refractivity contribution in [2.75, 3.05) is 13.2 Å². The third-order valence-corrected chi connectivity index (χ3v) is 7.37. The maximum Gasteiger partial charge on any atom is 0.297 e. The molecule has 1 aromatic heterocycles. The minimum Gasteiger partial charge on any atom is -0.494 e. The van der Waals surface area contributed by atoms with Crippen molar-refractivity contribution >= 4 is 56.5 Å². The third-order valence-electron chi connectivity index (χ3n) is 7.07. The average molecular weight is 527 g/mol. The van der Waals surface area contributed by atoms with E-state index in [9.17, 15) is 9.59 Å². The topological polar surface area (TPSA) is 60.8 Å². The fourth-order valence-electron chi connectivity index (χ4n) is 5.01. The molecule has 1 saturated heterocycles. The lowest BCUT2D eigenvalue weighted by Crippen LogP contribution is -2.30. The molecular weight excluding hydrogens is 496 g/mol. The van der Waals surface area contributed by atoms with Crippen LogP contribution in [0.5, 0.6) is 5.75 Å². The SMILES string of the molecule is CCOc1ccc(CCN2C(=O)/C(=C(/C)c3ccc4c(c3)c3cc(C(C)=O)ccc3n4CC)OC2=S)cc1. The number of hydrogen-bond acceptors (Lipinski definition) is 5. The number of nitrogens with zero attached hydrogens (tertiary/aromatic N) is 2. The number of hydrogen-bond donors (Lipinski definition) is 0. The van der Waals surface area contributed by atoms with Crippen LogP contribution in [0, 0.1) is 0 Å². The summed E-state index contributed by atoms with van der Waals surface area (Å²) >= 11 is 5.43. The van der Waals surface area contributed by atoms with Crippen LogP contribution >= 0.6 is 12.2 Å². The number of allylic oxidation sites excluding steroid dienone is 1. The first-order valence-corrected chi connectivity index (χ1v) is 13.3. The van der Waals surface area contributed by atoms with Crippen molar-refractivity contribution in [3.63, 3.8) is 0 Å². The highest BCUT2D eigenvalue weighted by Gasteiger charge is 2.35. The maximum absolute atomic E-state index is 13.3. The Morgan fingerprint density at radius 1 is 0.921 bits per heavy atom. The summed E-state index contributed by atoms with van der Waals surface area (Å²) < 4.78 is 13.6. The van der Waals surface area contributed by atoms with Crippen molar-refractivity contribution in [1.82, 2.24) is 9.47 Å². The number of Topliss-reactive ketones (excluding diaryl/α,β-unsaturated/α-hetero) is 1. The second-order valence-electron chi connectivity index (χ2n) is 9.37. The van der Waals surface area contributed by atoms with Gasteiger partial charge in [-0.3, -0.25) is 14.5 Å². The van der Waals surface area contributed by atoms with E-state index in [1.54, 1.807) is 6.92 Å². The van der Waals surface area contributed by atoms with Gasteiger partial charge in [0.25, 0.3) is 11.1 Å². The van der Waals surface area contributed by atoms with E-state index < -0.39 is 0 Å². The summed E-state index contributed by atoms with van der Waals surface area (Å²) in [6.45, 7) is 9.37. The molecule has 38 heavy (non-hydrogen) atoms. The van der Waals surface area contributed by atoms with Crippen molar-refractivity contribution in [2.24, 2.45) is 0 Å². The van der Waals surface area contributed by atoms with Crippen LogP contribution in [0.3, 0.4) is 0 Å². The molecule has 0 N–H and O–H groups in total. The predicted octanol–water partition coefficient (Wildman–Crippen LogP) is 6.53. The van der Waals surface area contributed by atoms with Crippen LogP contribution in [0.15, 0.2) is 66.4 Å². The van der Waals surface area contributed by atoms with Gasteiger partial charge in [0.1, 0.15) is 5.75 Å². The van der Waals surface area contributed by atoms with E-state index in [-0.39, 0.29) is 22.6 Å². The molecule has 5 rings (SSSR count). The van der Waals surface area contributed by atoms with Crippen molar-refractivity contribution in [2.45, 2.75) is 40.7 Å². The first-order chi connectivity index (χ1) is 18.3. The molecule has 1 amide bonds. The lowest BCUT2D eigenvalue weighted by atomic mass is 10.0. The standard InChI is InChI=1S/C31H30N2O4S/c1-5-32-27-13-9-22(17-25(27)26-18-23(20(4)34)10-14-28(26)32)19(3)29-30(35)33(31(38)37-29)16-15-21-7-11-24(12-8-21)36-6-2/h7-14,17-18H,5-6,15-16H2,1-4H3/b29-19+. The largest absolute Gasteiger partial charge is 0.494 e. The Hall–Kier alpha value is -3.97. The molecule has 0 saturated carbocycles. The quantitative estimate of drug-likeness (QED) is 0.148. The Labute approximate surface area is 227 Å². The molecule has 2 heterocycles. The van der Waals surface area contributed by atoms with Gasteiger partial charge in [0, 0.05) is 46.0 Å². The number of amides is 1. The van der Waals surface area contributed by atoms with Crippen LogP contribution in [0.4, 0.5) is 0 Å². The molecular formula is C31H30N2O4S. The van der Waals surface area contributed by atoms with Gasteiger partial charge in [-0.2, -0.15) is 0 Å². The van der Waals surface area contributed by atoms with Gasteiger partial charge in [-0.15, -0.1) is 0 Å². The molecule has 0 aliphatic carbocycles. The first kappa shape index (κ1) is 25.7. The maximum atomic E-state index is 13.3. The van der Waals surface area contributed by atoms with E-state index in [1.807, 2.05) is 62.4 Å². The number of benzene rings is 3. The molecule has 0 spiro atoms. The van der Waals surface area contributed by atoms with Gasteiger partial charge in [-0.1, -0.05) is 18.2 Å². The Balaban J connectivity index is 1.45. The molecule has 0 unspecified atom stereocenters. The molecule has 1 aliphatic rings. The molecule has 0 atom stereocenters. The Morgan fingerprint density at radius 2 is 1.55 bits per heavy atom. The zero-order valence-electron chi connectivity index (χ0n) is 22.0. The third kappa shape index (κ3) is 4.58. The van der Waals surface area contributed by atoms with Gasteiger partial charge in [0.2, 0.25) is 0 Å². The van der Waals surface area contributed by atoms with Gasteiger partial charge in [0.15, 0.2) is 11.5 Å².